The number of hydrogen-bond acceptors (Lipinski definition) is 3. The summed E-state index contributed by atoms with van der Waals surface area (Å²) in [5.74, 6) is -1.44. The smallest absolute Gasteiger partial charge is 0.262 e. The standard InChI is InChI=1S/C18H14Cl2N2O3/c1-2-21(11-6-4-3-5-7-11)16(23)10-22-17(24)12-8-14(19)15(20)9-13(12)18(22)25/h3-9H,2,10H2,1H3. The molecule has 128 valence electrons. The molecule has 7 heteroatoms. The van der Waals surface area contributed by atoms with Crippen molar-refractivity contribution in [3.05, 3.63) is 63.6 Å². The van der Waals surface area contributed by atoms with Gasteiger partial charge in [-0.1, -0.05) is 41.4 Å². The van der Waals surface area contributed by atoms with Crippen LogP contribution in [0.5, 0.6) is 0 Å². The van der Waals surface area contributed by atoms with Gasteiger partial charge in [0.25, 0.3) is 11.8 Å². The highest BCUT2D eigenvalue weighted by Gasteiger charge is 2.38. The van der Waals surface area contributed by atoms with E-state index in [1.807, 2.05) is 25.1 Å². The fourth-order valence-corrected chi connectivity index (χ4v) is 3.09. The minimum absolute atomic E-state index is 0.162. The van der Waals surface area contributed by atoms with Gasteiger partial charge in [-0.15, -0.1) is 0 Å². The normalized spacial score (nSPS) is 13.2. The third kappa shape index (κ3) is 3.13. The van der Waals surface area contributed by atoms with Crippen LogP contribution in [0.3, 0.4) is 0 Å². The number of nitrogens with zero attached hydrogens (tertiary/aromatic N) is 2. The van der Waals surface area contributed by atoms with E-state index >= 15 is 0 Å². The van der Waals surface area contributed by atoms with Crippen molar-refractivity contribution in [3.63, 3.8) is 0 Å². The lowest BCUT2D eigenvalue weighted by molar-refractivity contribution is -0.118. The van der Waals surface area contributed by atoms with Crippen molar-refractivity contribution in [2.75, 3.05) is 18.0 Å². The first-order valence-electron chi connectivity index (χ1n) is 7.64. The van der Waals surface area contributed by atoms with Crippen LogP contribution >= 0.6 is 23.2 Å². The van der Waals surface area contributed by atoms with E-state index < -0.39 is 11.8 Å². The number of anilines is 1. The van der Waals surface area contributed by atoms with Gasteiger partial charge >= 0.3 is 0 Å². The predicted octanol–water partition coefficient (Wildman–Crippen LogP) is 3.64. The molecule has 0 aliphatic carbocycles. The predicted molar refractivity (Wildman–Crippen MR) is 96.3 cm³/mol. The molecule has 2 aromatic rings. The molecule has 3 amide bonds. The molecule has 5 nitrogen and oxygen atoms in total. The second kappa shape index (κ2) is 6.86. The van der Waals surface area contributed by atoms with Crippen molar-refractivity contribution in [3.8, 4) is 0 Å². The first-order chi connectivity index (χ1) is 11.9. The van der Waals surface area contributed by atoms with Crippen LogP contribution < -0.4 is 4.90 Å². The summed E-state index contributed by atoms with van der Waals surface area (Å²) in [5, 5.41) is 0.378. The van der Waals surface area contributed by atoms with Gasteiger partial charge in [-0.25, -0.2) is 0 Å². The number of para-hydroxylation sites is 1. The molecule has 0 radical (unpaired) electrons. The topological polar surface area (TPSA) is 57.7 Å². The van der Waals surface area contributed by atoms with Crippen molar-refractivity contribution in [2.45, 2.75) is 6.92 Å². The number of fused-ring (bicyclic) bond motifs is 1. The van der Waals surface area contributed by atoms with Gasteiger partial charge in [0.15, 0.2) is 0 Å². The quantitative estimate of drug-likeness (QED) is 0.765. The lowest BCUT2D eigenvalue weighted by Gasteiger charge is -2.23. The number of carbonyl (C=O) groups excluding carboxylic acids is 3. The largest absolute Gasteiger partial charge is 0.311 e. The van der Waals surface area contributed by atoms with Gasteiger partial charge in [0.1, 0.15) is 6.54 Å². The van der Waals surface area contributed by atoms with Gasteiger partial charge in [-0.05, 0) is 31.2 Å². The fraction of sp³-hybridized carbons (Fsp3) is 0.167. The number of likely N-dealkylation sites (N-methyl/N-ethyl adjacent to an activating group) is 1. The van der Waals surface area contributed by atoms with Crippen LogP contribution in [-0.4, -0.2) is 35.7 Å². The summed E-state index contributed by atoms with van der Waals surface area (Å²) >= 11 is 11.8. The summed E-state index contributed by atoms with van der Waals surface area (Å²) in [4.78, 5) is 40.0. The molecule has 1 aliphatic rings. The van der Waals surface area contributed by atoms with Crippen molar-refractivity contribution >= 4 is 46.6 Å². The molecule has 1 aliphatic heterocycles. The maximum Gasteiger partial charge on any atom is 0.262 e. The van der Waals surface area contributed by atoms with Crippen molar-refractivity contribution in [2.24, 2.45) is 0 Å². The Bertz CT molecular complexity index is 827. The lowest BCUT2D eigenvalue weighted by atomic mass is 10.1. The van der Waals surface area contributed by atoms with Crippen molar-refractivity contribution < 1.29 is 14.4 Å². The monoisotopic (exact) mass is 376 g/mol. The van der Waals surface area contributed by atoms with Gasteiger partial charge in [0, 0.05) is 12.2 Å². The SMILES string of the molecule is CCN(C(=O)CN1C(=O)c2cc(Cl)c(Cl)cc2C1=O)c1ccccc1. The first kappa shape index (κ1) is 17.5. The third-order valence-electron chi connectivity index (χ3n) is 3.99. The third-order valence-corrected chi connectivity index (χ3v) is 4.71. The van der Waals surface area contributed by atoms with Crippen LogP contribution in [0.1, 0.15) is 27.6 Å². The molecule has 0 N–H and O–H groups in total. The summed E-state index contributed by atoms with van der Waals surface area (Å²) in [6.07, 6.45) is 0. The highest BCUT2D eigenvalue weighted by Crippen LogP contribution is 2.31. The highest BCUT2D eigenvalue weighted by atomic mass is 35.5. The maximum atomic E-state index is 12.6. The van der Waals surface area contributed by atoms with E-state index in [9.17, 15) is 14.4 Å². The molecule has 0 atom stereocenters. The van der Waals surface area contributed by atoms with E-state index in [1.165, 1.54) is 17.0 Å². The lowest BCUT2D eigenvalue weighted by Crippen LogP contribution is -2.42. The maximum absolute atomic E-state index is 12.6. The van der Waals surface area contributed by atoms with Crippen molar-refractivity contribution in [1.29, 1.82) is 0 Å². The van der Waals surface area contributed by atoms with Crippen LogP contribution in [-0.2, 0) is 4.79 Å². The molecule has 1 heterocycles. The Morgan fingerprint density at radius 2 is 1.52 bits per heavy atom. The number of amides is 3. The Balaban J connectivity index is 1.85. The van der Waals surface area contributed by atoms with Crippen LogP contribution in [0.15, 0.2) is 42.5 Å². The van der Waals surface area contributed by atoms with E-state index in [0.29, 0.717) is 12.2 Å². The molecular weight excluding hydrogens is 363 g/mol. The van der Waals surface area contributed by atoms with Crippen LogP contribution in [0, 0.1) is 0 Å². The molecule has 2 aromatic carbocycles. The molecule has 0 fully saturated rings. The Kier molecular flexibility index (Phi) is 4.79. The number of benzene rings is 2. The number of carbonyl (C=O) groups is 3. The summed E-state index contributed by atoms with van der Waals surface area (Å²) in [7, 11) is 0. The summed E-state index contributed by atoms with van der Waals surface area (Å²) in [6.45, 7) is 1.90. The number of hydrogen-bond donors (Lipinski definition) is 0. The molecule has 25 heavy (non-hydrogen) atoms. The van der Waals surface area contributed by atoms with Gasteiger partial charge in [-0.3, -0.25) is 19.3 Å². The minimum atomic E-state index is -0.545. The average Bonchev–Trinajstić information content (AvgIpc) is 2.82. The molecule has 0 unspecified atom stereocenters. The zero-order chi connectivity index (χ0) is 18.1. The van der Waals surface area contributed by atoms with Gasteiger partial charge in [0.05, 0.1) is 21.2 Å². The molecule has 0 saturated carbocycles. The zero-order valence-corrected chi connectivity index (χ0v) is 14.8. The van der Waals surface area contributed by atoms with Gasteiger partial charge in [0.2, 0.25) is 5.91 Å². The highest BCUT2D eigenvalue weighted by molar-refractivity contribution is 6.43. The first-order valence-corrected chi connectivity index (χ1v) is 8.40. The van der Waals surface area contributed by atoms with Crippen molar-refractivity contribution in [1.82, 2.24) is 4.90 Å². The van der Waals surface area contributed by atoms with E-state index in [-0.39, 0.29) is 33.6 Å². The Hall–Kier alpha value is -2.37. The molecule has 0 saturated heterocycles. The molecule has 3 rings (SSSR count). The Labute approximate surface area is 154 Å². The summed E-state index contributed by atoms with van der Waals surface area (Å²) in [5.41, 5.74) is 1.03. The fourth-order valence-electron chi connectivity index (χ4n) is 2.76. The molecule has 0 spiro atoms. The van der Waals surface area contributed by atoms with E-state index in [4.69, 9.17) is 23.2 Å². The number of halogens is 2. The molecule has 0 aromatic heterocycles. The summed E-state index contributed by atoms with van der Waals surface area (Å²) < 4.78 is 0. The van der Waals surface area contributed by atoms with E-state index in [0.717, 1.165) is 4.90 Å². The summed E-state index contributed by atoms with van der Waals surface area (Å²) in [6, 6.07) is 11.8. The average molecular weight is 377 g/mol. The number of rotatable bonds is 4. The van der Waals surface area contributed by atoms with E-state index in [1.54, 1.807) is 12.1 Å². The zero-order valence-electron chi connectivity index (χ0n) is 13.3. The Morgan fingerprint density at radius 1 is 1.00 bits per heavy atom. The van der Waals surface area contributed by atoms with Crippen LogP contribution in [0.25, 0.3) is 0 Å². The second-order valence-corrected chi connectivity index (χ2v) is 6.30. The number of imide groups is 1. The van der Waals surface area contributed by atoms with E-state index in [2.05, 4.69) is 0 Å². The molecular formula is C18H14Cl2N2O3. The van der Waals surface area contributed by atoms with Crippen LogP contribution in [0.4, 0.5) is 5.69 Å². The minimum Gasteiger partial charge on any atom is -0.311 e. The molecule has 0 bridgehead atoms. The van der Waals surface area contributed by atoms with Gasteiger partial charge in [-0.2, -0.15) is 0 Å². The van der Waals surface area contributed by atoms with Crippen LogP contribution in [0.2, 0.25) is 10.0 Å². The van der Waals surface area contributed by atoms with Gasteiger partial charge < -0.3 is 4.90 Å². The second-order valence-electron chi connectivity index (χ2n) is 5.48. The Morgan fingerprint density at radius 3 is 2.00 bits per heavy atom.